The molecule has 0 fully saturated rings. The Morgan fingerprint density at radius 3 is 1.81 bits per heavy atom. The molecule has 0 amide bonds. The normalized spacial score (nSPS) is 16.4. The van der Waals surface area contributed by atoms with Gasteiger partial charge < -0.3 is 17.1 Å². The van der Waals surface area contributed by atoms with E-state index in [2.05, 4.69) is 53.1 Å². The van der Waals surface area contributed by atoms with E-state index in [1.165, 1.54) is 6.42 Å². The summed E-state index contributed by atoms with van der Waals surface area (Å²) >= 11 is 0. The van der Waals surface area contributed by atoms with Gasteiger partial charge in [0.25, 0.3) is 9.28 Å². The van der Waals surface area contributed by atoms with Crippen LogP contribution in [0.4, 0.5) is 13.2 Å². The summed E-state index contributed by atoms with van der Waals surface area (Å²) < 4.78 is 61.9. The zero-order valence-electron chi connectivity index (χ0n) is 21.1. The molecule has 0 aromatic rings. The van der Waals surface area contributed by atoms with Gasteiger partial charge in [0.1, 0.15) is 0 Å². The van der Waals surface area contributed by atoms with Gasteiger partial charge in [-0.05, 0) is 63.8 Å². The Morgan fingerprint density at radius 2 is 1.29 bits per heavy atom. The minimum absolute atomic E-state index is 0.286. The van der Waals surface area contributed by atoms with Crippen molar-refractivity contribution >= 4 is 34.5 Å². The molecule has 0 aliphatic rings. The number of hydrogen-bond donors (Lipinski definition) is 0. The van der Waals surface area contributed by atoms with Crippen molar-refractivity contribution in [1.29, 1.82) is 0 Å². The van der Waals surface area contributed by atoms with Crippen molar-refractivity contribution in [2.75, 3.05) is 13.2 Å². The second kappa shape index (κ2) is 14.7. The topological polar surface area (TPSA) is 36.9 Å². The van der Waals surface area contributed by atoms with E-state index in [-0.39, 0.29) is 6.61 Å². The number of unbranched alkanes of at least 4 members (excludes halogenated alkanes) is 2. The summed E-state index contributed by atoms with van der Waals surface area (Å²) in [6.07, 6.45) is 0.201. The van der Waals surface area contributed by atoms with Crippen LogP contribution in [0.25, 0.3) is 0 Å². The van der Waals surface area contributed by atoms with Crippen LogP contribution < -0.4 is 0 Å². The fourth-order valence-corrected chi connectivity index (χ4v) is 20.9. The van der Waals surface area contributed by atoms with Crippen LogP contribution in [0.3, 0.4) is 0 Å². The molecule has 0 aromatic heterocycles. The first-order chi connectivity index (χ1) is 14.1. The van der Waals surface area contributed by atoms with E-state index >= 15 is 0 Å². The van der Waals surface area contributed by atoms with Crippen LogP contribution in [0, 0.1) is 0 Å². The first kappa shape index (κ1) is 31.5. The Hall–Kier alpha value is 0.498. The van der Waals surface area contributed by atoms with E-state index in [4.69, 9.17) is 17.1 Å². The van der Waals surface area contributed by atoms with Crippen molar-refractivity contribution in [3.63, 3.8) is 0 Å². The zero-order chi connectivity index (χ0) is 24.2. The first-order valence-electron chi connectivity index (χ1n) is 11.8. The average Bonchev–Trinajstić information content (AvgIpc) is 2.59. The molecule has 0 spiro atoms. The lowest BCUT2D eigenvalue weighted by Gasteiger charge is -2.39. The lowest BCUT2D eigenvalue weighted by Crippen LogP contribution is -2.53. The van der Waals surface area contributed by atoms with E-state index in [9.17, 15) is 13.2 Å². The van der Waals surface area contributed by atoms with Gasteiger partial charge in [-0.3, -0.25) is 0 Å². The quantitative estimate of drug-likeness (QED) is 0.140. The highest BCUT2D eigenvalue weighted by Crippen LogP contribution is 2.27. The molecule has 0 bridgehead atoms. The molecule has 188 valence electrons. The maximum absolute atomic E-state index is 12.3. The van der Waals surface area contributed by atoms with Crippen LogP contribution in [-0.4, -0.2) is 53.9 Å². The van der Waals surface area contributed by atoms with Crippen molar-refractivity contribution < 1.29 is 30.3 Å². The van der Waals surface area contributed by atoms with Gasteiger partial charge in [0, 0.05) is 6.61 Å². The lowest BCUT2D eigenvalue weighted by molar-refractivity contribution is -0.145. The van der Waals surface area contributed by atoms with Crippen molar-refractivity contribution in [1.82, 2.24) is 0 Å². The third-order valence-electron chi connectivity index (χ3n) is 5.11. The van der Waals surface area contributed by atoms with Crippen LogP contribution in [0.15, 0.2) is 0 Å². The van der Waals surface area contributed by atoms with Crippen molar-refractivity contribution in [2.24, 2.45) is 0 Å². The monoisotopic (exact) mass is 520 g/mol. The largest absolute Gasteiger partial charge is 0.439 e. The van der Waals surface area contributed by atoms with Gasteiger partial charge in [-0.2, -0.15) is 13.2 Å². The molecule has 0 radical (unpaired) electrons. The van der Waals surface area contributed by atoms with Crippen molar-refractivity contribution in [3.8, 4) is 0 Å². The number of ether oxygens (including phenoxy) is 1. The summed E-state index contributed by atoms with van der Waals surface area (Å²) in [6, 6.07) is 2.94. The molecule has 2 atom stereocenters. The molecule has 2 unspecified atom stereocenters. The summed E-state index contributed by atoms with van der Waals surface area (Å²) in [6.45, 7) is 17.6. The van der Waals surface area contributed by atoms with Gasteiger partial charge in [0.2, 0.25) is 0 Å². The Morgan fingerprint density at radius 1 is 0.742 bits per heavy atom. The van der Waals surface area contributed by atoms with E-state index in [1.807, 2.05) is 0 Å². The third-order valence-corrected chi connectivity index (χ3v) is 20.6. The summed E-state index contributed by atoms with van der Waals surface area (Å²) in [5.74, 6) is 0. The van der Waals surface area contributed by atoms with Crippen LogP contribution in [0.5, 0.6) is 0 Å². The molecule has 4 nitrogen and oxygen atoms in total. The van der Waals surface area contributed by atoms with Crippen LogP contribution in [0.2, 0.25) is 57.4 Å². The molecule has 31 heavy (non-hydrogen) atoms. The smallest absolute Gasteiger partial charge is 0.391 e. The fourth-order valence-electron chi connectivity index (χ4n) is 3.64. The predicted molar refractivity (Wildman–Crippen MR) is 133 cm³/mol. The number of hydrogen-bond acceptors (Lipinski definition) is 4. The molecule has 0 rings (SSSR count). The van der Waals surface area contributed by atoms with Crippen LogP contribution in [0.1, 0.15) is 52.4 Å². The van der Waals surface area contributed by atoms with Crippen LogP contribution in [-0.2, 0) is 17.1 Å². The van der Waals surface area contributed by atoms with E-state index in [0.717, 1.165) is 37.4 Å². The standard InChI is InChI=1S/C20H47F3O4Si4/c1-9-11-17-29(4,5)25-28(3)26-31(8,27-30(6,7)18-12-10-2)19-13-15-24-16-14-20(21,22)23/h28H,9-19H2,1-8H3. The molecule has 11 heteroatoms. The molecule has 0 heterocycles. The fraction of sp³-hybridized carbons (Fsp3) is 1.00. The maximum Gasteiger partial charge on any atom is 0.391 e. The van der Waals surface area contributed by atoms with Gasteiger partial charge in [0.15, 0.2) is 16.6 Å². The molecule has 0 aliphatic carbocycles. The highest BCUT2D eigenvalue weighted by atomic mass is 28.5. The second-order valence-electron chi connectivity index (χ2n) is 9.85. The molecule has 0 aliphatic heterocycles. The Kier molecular flexibility index (Phi) is 14.9. The van der Waals surface area contributed by atoms with Gasteiger partial charge in [-0.1, -0.05) is 39.5 Å². The lowest BCUT2D eigenvalue weighted by atomic mass is 10.4. The first-order valence-corrected chi connectivity index (χ1v) is 22.7. The number of alkyl halides is 3. The molecule has 0 aromatic carbocycles. The third kappa shape index (κ3) is 17.6. The predicted octanol–water partition coefficient (Wildman–Crippen LogP) is 7.33. The van der Waals surface area contributed by atoms with Gasteiger partial charge in [-0.15, -0.1) is 0 Å². The second-order valence-corrected chi connectivity index (χ2v) is 24.5. The van der Waals surface area contributed by atoms with E-state index in [1.54, 1.807) is 0 Å². The Labute approximate surface area is 193 Å². The van der Waals surface area contributed by atoms with Gasteiger partial charge >= 0.3 is 14.7 Å². The summed E-state index contributed by atoms with van der Waals surface area (Å²) in [5.41, 5.74) is 0. The Balaban J connectivity index is 4.92. The van der Waals surface area contributed by atoms with Crippen molar-refractivity contribution in [3.05, 3.63) is 0 Å². The van der Waals surface area contributed by atoms with E-state index < -0.39 is 47.1 Å². The summed E-state index contributed by atoms with van der Waals surface area (Å²) in [5, 5.41) is 0. The summed E-state index contributed by atoms with van der Waals surface area (Å²) in [4.78, 5) is 0. The van der Waals surface area contributed by atoms with Crippen LogP contribution >= 0.6 is 0 Å². The molecule has 0 saturated heterocycles. The highest BCUT2D eigenvalue weighted by Gasteiger charge is 2.40. The minimum Gasteiger partial charge on any atom is -0.439 e. The molecular formula is C20H47F3O4Si4. The van der Waals surface area contributed by atoms with Crippen molar-refractivity contribution in [2.45, 2.75) is 116 Å². The number of rotatable bonds is 18. The van der Waals surface area contributed by atoms with Gasteiger partial charge in [-0.25, -0.2) is 0 Å². The highest BCUT2D eigenvalue weighted by molar-refractivity contribution is 6.86. The van der Waals surface area contributed by atoms with E-state index in [0.29, 0.717) is 13.0 Å². The molecule has 0 saturated carbocycles. The molecule has 0 N–H and O–H groups in total. The number of halogens is 3. The molecular weight excluding hydrogens is 474 g/mol. The minimum atomic E-state index is -4.17. The van der Waals surface area contributed by atoms with Gasteiger partial charge in [0.05, 0.1) is 13.0 Å². The SMILES string of the molecule is CCCC[Si](C)(C)O[SiH](C)O[Si](C)(CCCOCCC(F)(F)F)O[Si](C)(C)CCCC. The average molecular weight is 521 g/mol. The maximum atomic E-state index is 12.3. The summed E-state index contributed by atoms with van der Waals surface area (Å²) in [7, 11) is -8.01. The Bertz CT molecular complexity index is 482. The zero-order valence-corrected chi connectivity index (χ0v) is 25.3.